The van der Waals surface area contributed by atoms with Gasteiger partial charge in [-0.2, -0.15) is 0 Å². The van der Waals surface area contributed by atoms with Gasteiger partial charge >= 0.3 is 0 Å². The van der Waals surface area contributed by atoms with Crippen molar-refractivity contribution in [3.05, 3.63) is 23.9 Å². The molecule has 0 amide bonds. The number of hydrogen-bond donors (Lipinski definition) is 2. The smallest absolute Gasteiger partial charge is 0.153 e. The summed E-state index contributed by atoms with van der Waals surface area (Å²) in [6, 6.07) is 3.47. The van der Waals surface area contributed by atoms with Gasteiger partial charge in [-0.1, -0.05) is 0 Å². The van der Waals surface area contributed by atoms with Crippen LogP contribution in [0.25, 0.3) is 0 Å². The van der Waals surface area contributed by atoms with Crippen LogP contribution in [0.1, 0.15) is 5.56 Å². The van der Waals surface area contributed by atoms with Gasteiger partial charge in [-0.15, -0.1) is 0 Å². The molecule has 1 saturated heterocycles. The molecule has 1 aromatic rings. The molecule has 0 radical (unpaired) electrons. The minimum atomic E-state index is -2.87. The number of anilines is 1. The van der Waals surface area contributed by atoms with Crippen molar-refractivity contribution in [2.75, 3.05) is 29.5 Å². The van der Waals surface area contributed by atoms with Crippen molar-refractivity contribution in [2.24, 2.45) is 5.73 Å². The monoisotopic (exact) mass is 254 g/mol. The first-order chi connectivity index (χ1) is 7.98. The fourth-order valence-electron chi connectivity index (χ4n) is 1.67. The molecule has 2 heterocycles. The van der Waals surface area contributed by atoms with Crippen LogP contribution in [-0.4, -0.2) is 43.8 Å². The number of nitrogens with zero attached hydrogens (tertiary/aromatic N) is 2. The van der Waals surface area contributed by atoms with E-state index in [-0.39, 0.29) is 17.3 Å². The lowest BCUT2D eigenvalue weighted by atomic mass is 10.2. The van der Waals surface area contributed by atoms with Crippen molar-refractivity contribution in [1.29, 1.82) is 5.41 Å². The van der Waals surface area contributed by atoms with Crippen LogP contribution in [0.2, 0.25) is 0 Å². The standard InChI is InChI=1S/C10H14N4O2S/c11-10(12)8-1-2-9(13-7-8)14-3-5-17(15,16)6-4-14/h1-2,7H,3-6H2,(H3,11,12). The second-order valence-electron chi connectivity index (χ2n) is 3.96. The minimum absolute atomic E-state index is 0.0229. The molecule has 1 aromatic heterocycles. The predicted molar refractivity (Wildman–Crippen MR) is 66.1 cm³/mol. The second kappa shape index (κ2) is 4.33. The van der Waals surface area contributed by atoms with E-state index < -0.39 is 9.84 Å². The van der Waals surface area contributed by atoms with Gasteiger partial charge < -0.3 is 10.6 Å². The third kappa shape index (κ3) is 2.73. The molecule has 6 nitrogen and oxygen atoms in total. The van der Waals surface area contributed by atoms with Crippen LogP contribution >= 0.6 is 0 Å². The molecular weight excluding hydrogens is 240 g/mol. The van der Waals surface area contributed by atoms with E-state index in [2.05, 4.69) is 4.98 Å². The lowest BCUT2D eigenvalue weighted by Gasteiger charge is -2.27. The molecule has 3 N–H and O–H groups in total. The summed E-state index contributed by atoms with van der Waals surface area (Å²) in [6.45, 7) is 0.934. The number of nitrogen functional groups attached to an aromatic ring is 1. The van der Waals surface area contributed by atoms with Crippen molar-refractivity contribution in [2.45, 2.75) is 0 Å². The zero-order valence-corrected chi connectivity index (χ0v) is 10.1. The zero-order chi connectivity index (χ0) is 12.5. The number of hydrogen-bond acceptors (Lipinski definition) is 5. The summed E-state index contributed by atoms with van der Waals surface area (Å²) in [5.41, 5.74) is 5.90. The highest BCUT2D eigenvalue weighted by molar-refractivity contribution is 7.91. The van der Waals surface area contributed by atoms with Gasteiger partial charge in [0.25, 0.3) is 0 Å². The first-order valence-electron chi connectivity index (χ1n) is 5.24. The summed E-state index contributed by atoms with van der Waals surface area (Å²) in [4.78, 5) is 6.10. The number of nitrogens with one attached hydrogen (secondary N) is 1. The van der Waals surface area contributed by atoms with Crippen molar-refractivity contribution >= 4 is 21.5 Å². The van der Waals surface area contributed by atoms with Crippen molar-refractivity contribution in [1.82, 2.24) is 4.98 Å². The number of rotatable bonds is 2. The van der Waals surface area contributed by atoms with Crippen LogP contribution in [0.5, 0.6) is 0 Å². The molecule has 0 spiro atoms. The molecule has 17 heavy (non-hydrogen) atoms. The lowest BCUT2D eigenvalue weighted by Crippen LogP contribution is -2.40. The molecule has 0 atom stereocenters. The quantitative estimate of drug-likeness (QED) is 0.552. The highest BCUT2D eigenvalue weighted by Gasteiger charge is 2.22. The Morgan fingerprint density at radius 3 is 2.47 bits per heavy atom. The van der Waals surface area contributed by atoms with E-state index >= 15 is 0 Å². The van der Waals surface area contributed by atoms with E-state index in [0.29, 0.717) is 18.7 Å². The number of nitrogens with two attached hydrogens (primary N) is 1. The highest BCUT2D eigenvalue weighted by atomic mass is 32.2. The summed E-state index contributed by atoms with van der Waals surface area (Å²) in [6.07, 6.45) is 1.53. The minimum Gasteiger partial charge on any atom is -0.384 e. The maximum absolute atomic E-state index is 11.3. The lowest BCUT2D eigenvalue weighted by molar-refractivity contribution is 0.586. The Morgan fingerprint density at radius 2 is 2.00 bits per heavy atom. The van der Waals surface area contributed by atoms with E-state index in [1.165, 1.54) is 6.20 Å². The molecule has 0 saturated carbocycles. The molecule has 7 heteroatoms. The number of amidine groups is 1. The van der Waals surface area contributed by atoms with Gasteiger partial charge in [0.2, 0.25) is 0 Å². The summed E-state index contributed by atoms with van der Waals surface area (Å²) in [7, 11) is -2.87. The first-order valence-corrected chi connectivity index (χ1v) is 7.06. The Kier molecular flexibility index (Phi) is 3.01. The number of aromatic nitrogens is 1. The van der Waals surface area contributed by atoms with Gasteiger partial charge in [0.05, 0.1) is 11.5 Å². The molecule has 2 rings (SSSR count). The van der Waals surface area contributed by atoms with Crippen LogP contribution in [0.4, 0.5) is 5.82 Å². The average Bonchev–Trinajstić information content (AvgIpc) is 2.29. The summed E-state index contributed by atoms with van der Waals surface area (Å²) in [5, 5.41) is 7.25. The largest absolute Gasteiger partial charge is 0.384 e. The van der Waals surface area contributed by atoms with Crippen molar-refractivity contribution < 1.29 is 8.42 Å². The van der Waals surface area contributed by atoms with Gasteiger partial charge in [0.1, 0.15) is 11.7 Å². The van der Waals surface area contributed by atoms with E-state index in [9.17, 15) is 8.42 Å². The maximum atomic E-state index is 11.3. The van der Waals surface area contributed by atoms with Gasteiger partial charge in [-0.05, 0) is 12.1 Å². The molecule has 0 aromatic carbocycles. The van der Waals surface area contributed by atoms with Gasteiger partial charge in [-0.3, -0.25) is 5.41 Å². The third-order valence-electron chi connectivity index (χ3n) is 2.73. The SMILES string of the molecule is N=C(N)c1ccc(N2CCS(=O)(=O)CC2)nc1. The fourth-order valence-corrected chi connectivity index (χ4v) is 2.88. The first kappa shape index (κ1) is 11.8. The zero-order valence-electron chi connectivity index (χ0n) is 9.26. The van der Waals surface area contributed by atoms with Crippen LogP contribution in [-0.2, 0) is 9.84 Å². The molecule has 92 valence electrons. The van der Waals surface area contributed by atoms with Gasteiger partial charge in [-0.25, -0.2) is 13.4 Å². The van der Waals surface area contributed by atoms with Crippen molar-refractivity contribution in [3.8, 4) is 0 Å². The van der Waals surface area contributed by atoms with E-state index in [4.69, 9.17) is 11.1 Å². The Labute approximate surface area is 99.9 Å². The summed E-state index contributed by atoms with van der Waals surface area (Å²) < 4.78 is 22.6. The Bertz CT molecular complexity index is 510. The normalized spacial score (nSPS) is 18.9. The van der Waals surface area contributed by atoms with Crippen LogP contribution in [0, 0.1) is 5.41 Å². The van der Waals surface area contributed by atoms with Crippen LogP contribution < -0.4 is 10.6 Å². The average molecular weight is 254 g/mol. The fraction of sp³-hybridized carbons (Fsp3) is 0.400. The maximum Gasteiger partial charge on any atom is 0.153 e. The van der Waals surface area contributed by atoms with E-state index in [1.54, 1.807) is 12.1 Å². The second-order valence-corrected chi connectivity index (χ2v) is 6.26. The molecular formula is C10H14N4O2S. The Morgan fingerprint density at radius 1 is 1.35 bits per heavy atom. The third-order valence-corrected chi connectivity index (χ3v) is 4.34. The summed E-state index contributed by atoms with van der Waals surface area (Å²) in [5.74, 6) is 1.04. The van der Waals surface area contributed by atoms with Gasteiger partial charge in [0.15, 0.2) is 9.84 Å². The van der Waals surface area contributed by atoms with Crippen molar-refractivity contribution in [3.63, 3.8) is 0 Å². The van der Waals surface area contributed by atoms with E-state index in [1.807, 2.05) is 4.90 Å². The van der Waals surface area contributed by atoms with E-state index in [0.717, 1.165) is 5.82 Å². The molecule has 0 bridgehead atoms. The highest BCUT2D eigenvalue weighted by Crippen LogP contribution is 2.14. The number of sulfone groups is 1. The molecule has 1 aliphatic rings. The molecule has 0 aliphatic carbocycles. The number of pyridine rings is 1. The molecule has 0 unspecified atom stereocenters. The Hall–Kier alpha value is -1.63. The van der Waals surface area contributed by atoms with Crippen LogP contribution in [0.15, 0.2) is 18.3 Å². The van der Waals surface area contributed by atoms with Crippen LogP contribution in [0.3, 0.4) is 0 Å². The predicted octanol–water partition coefficient (Wildman–Crippen LogP) is -0.400. The molecule has 1 fully saturated rings. The molecule has 1 aliphatic heterocycles. The van der Waals surface area contributed by atoms with Gasteiger partial charge in [0, 0.05) is 24.8 Å². The topological polar surface area (TPSA) is 100 Å². The summed E-state index contributed by atoms with van der Waals surface area (Å²) >= 11 is 0. The Balaban J connectivity index is 2.11.